The first kappa shape index (κ1) is 13.9. The number of likely N-dealkylation sites (N-methyl/N-ethyl adjacent to an activating group) is 1. The van der Waals surface area contributed by atoms with E-state index >= 15 is 0 Å². The van der Waals surface area contributed by atoms with Gasteiger partial charge in [-0.1, -0.05) is 6.07 Å². The Kier molecular flexibility index (Phi) is 3.92. The number of hydrogen-bond donors (Lipinski definition) is 1. The highest BCUT2D eigenvalue weighted by Gasteiger charge is 2.13. The lowest BCUT2D eigenvalue weighted by Crippen LogP contribution is -2.30. The van der Waals surface area contributed by atoms with Crippen molar-refractivity contribution in [1.82, 2.24) is 19.7 Å². The van der Waals surface area contributed by atoms with Crippen LogP contribution in [0.25, 0.3) is 0 Å². The summed E-state index contributed by atoms with van der Waals surface area (Å²) in [6.07, 6.45) is 1.33. The van der Waals surface area contributed by atoms with Gasteiger partial charge in [0.25, 0.3) is 0 Å². The van der Waals surface area contributed by atoms with Crippen LogP contribution in [0.15, 0.2) is 24.5 Å². The quantitative estimate of drug-likeness (QED) is 0.899. The first-order valence-corrected chi connectivity index (χ1v) is 5.78. The van der Waals surface area contributed by atoms with Gasteiger partial charge in [-0.25, -0.2) is 18.4 Å². The van der Waals surface area contributed by atoms with Gasteiger partial charge >= 0.3 is 0 Å². The van der Waals surface area contributed by atoms with E-state index in [0.717, 1.165) is 12.1 Å². The SMILES string of the molecule is CN(Cc1ccc(F)cc1F)C(=O)Cn1cnc(N)n1. The van der Waals surface area contributed by atoms with Crippen molar-refractivity contribution in [3.63, 3.8) is 0 Å². The van der Waals surface area contributed by atoms with Crippen LogP contribution in [0.4, 0.5) is 14.7 Å². The van der Waals surface area contributed by atoms with Crippen LogP contribution in [-0.2, 0) is 17.9 Å². The molecule has 2 rings (SSSR count). The highest BCUT2D eigenvalue weighted by Crippen LogP contribution is 2.11. The van der Waals surface area contributed by atoms with Crippen molar-refractivity contribution in [3.8, 4) is 0 Å². The van der Waals surface area contributed by atoms with Crippen LogP contribution in [0.3, 0.4) is 0 Å². The Morgan fingerprint density at radius 3 is 2.80 bits per heavy atom. The topological polar surface area (TPSA) is 77.0 Å². The predicted octanol–water partition coefficient (Wildman–Crippen LogP) is 0.797. The second kappa shape index (κ2) is 5.64. The number of carbonyl (C=O) groups is 1. The van der Waals surface area contributed by atoms with Crippen molar-refractivity contribution in [2.24, 2.45) is 0 Å². The van der Waals surface area contributed by atoms with Crippen molar-refractivity contribution in [3.05, 3.63) is 41.7 Å². The number of anilines is 1. The molecule has 0 unspecified atom stereocenters. The second-order valence-corrected chi connectivity index (χ2v) is 4.29. The normalized spacial score (nSPS) is 10.6. The van der Waals surface area contributed by atoms with Gasteiger partial charge in [0.1, 0.15) is 24.5 Å². The van der Waals surface area contributed by atoms with Gasteiger partial charge in [-0.3, -0.25) is 4.79 Å². The molecule has 0 fully saturated rings. The Morgan fingerprint density at radius 2 is 2.20 bits per heavy atom. The lowest BCUT2D eigenvalue weighted by molar-refractivity contribution is -0.131. The molecule has 0 spiro atoms. The monoisotopic (exact) mass is 281 g/mol. The van der Waals surface area contributed by atoms with Gasteiger partial charge in [-0.05, 0) is 6.07 Å². The Hall–Kier alpha value is -2.51. The molecule has 1 aromatic heterocycles. The van der Waals surface area contributed by atoms with Gasteiger partial charge in [0.2, 0.25) is 11.9 Å². The summed E-state index contributed by atoms with van der Waals surface area (Å²) in [7, 11) is 1.52. The molecule has 0 saturated heterocycles. The smallest absolute Gasteiger partial charge is 0.244 e. The number of halogens is 2. The van der Waals surface area contributed by atoms with Crippen molar-refractivity contribution >= 4 is 11.9 Å². The van der Waals surface area contributed by atoms with E-state index in [2.05, 4.69) is 10.1 Å². The zero-order valence-corrected chi connectivity index (χ0v) is 10.8. The average Bonchev–Trinajstić information content (AvgIpc) is 2.78. The second-order valence-electron chi connectivity index (χ2n) is 4.29. The molecule has 1 amide bonds. The fraction of sp³-hybridized carbons (Fsp3) is 0.250. The summed E-state index contributed by atoms with van der Waals surface area (Å²) in [5, 5.41) is 3.78. The number of carbonyl (C=O) groups excluding carboxylic acids is 1. The summed E-state index contributed by atoms with van der Waals surface area (Å²) >= 11 is 0. The Labute approximate surface area is 113 Å². The first-order valence-electron chi connectivity index (χ1n) is 5.78. The fourth-order valence-electron chi connectivity index (χ4n) is 1.64. The predicted molar refractivity (Wildman–Crippen MR) is 67.3 cm³/mol. The molecule has 0 radical (unpaired) electrons. The molecule has 6 nitrogen and oxygen atoms in total. The van der Waals surface area contributed by atoms with Gasteiger partial charge < -0.3 is 10.6 Å². The van der Waals surface area contributed by atoms with Crippen LogP contribution in [0.1, 0.15) is 5.56 Å². The summed E-state index contributed by atoms with van der Waals surface area (Å²) in [4.78, 5) is 16.9. The third kappa shape index (κ3) is 3.28. The average molecular weight is 281 g/mol. The molecule has 0 aliphatic rings. The summed E-state index contributed by atoms with van der Waals surface area (Å²) < 4.78 is 27.6. The molecule has 0 aliphatic heterocycles. The Morgan fingerprint density at radius 1 is 1.45 bits per heavy atom. The molecule has 0 bridgehead atoms. The molecule has 8 heteroatoms. The van der Waals surface area contributed by atoms with Crippen molar-refractivity contribution in [1.29, 1.82) is 0 Å². The molecule has 1 aromatic carbocycles. The number of nitrogens with two attached hydrogens (primary N) is 1. The Balaban J connectivity index is 2.00. The van der Waals surface area contributed by atoms with Crippen LogP contribution >= 0.6 is 0 Å². The highest BCUT2D eigenvalue weighted by molar-refractivity contribution is 5.75. The van der Waals surface area contributed by atoms with Gasteiger partial charge in [-0.15, -0.1) is 5.10 Å². The van der Waals surface area contributed by atoms with E-state index in [-0.39, 0.29) is 30.5 Å². The van der Waals surface area contributed by atoms with Crippen LogP contribution in [-0.4, -0.2) is 32.6 Å². The summed E-state index contributed by atoms with van der Waals surface area (Å²) in [5.41, 5.74) is 5.57. The van der Waals surface area contributed by atoms with Gasteiger partial charge in [0.15, 0.2) is 0 Å². The van der Waals surface area contributed by atoms with Crippen molar-refractivity contribution in [2.45, 2.75) is 13.1 Å². The van der Waals surface area contributed by atoms with Crippen LogP contribution < -0.4 is 5.73 Å². The molecule has 2 aromatic rings. The van der Waals surface area contributed by atoms with E-state index in [1.54, 1.807) is 0 Å². The van der Waals surface area contributed by atoms with Crippen LogP contribution in [0, 0.1) is 11.6 Å². The first-order chi connectivity index (χ1) is 9.45. The lowest BCUT2D eigenvalue weighted by Gasteiger charge is -2.17. The number of nitrogen functional groups attached to an aromatic ring is 1. The molecule has 2 N–H and O–H groups in total. The molecule has 0 aliphatic carbocycles. The van der Waals surface area contributed by atoms with Crippen molar-refractivity contribution < 1.29 is 13.6 Å². The molecule has 106 valence electrons. The fourth-order valence-corrected chi connectivity index (χ4v) is 1.64. The molecular formula is C12H13F2N5O. The maximum absolute atomic E-state index is 13.5. The number of amides is 1. The van der Waals surface area contributed by atoms with E-state index in [0.29, 0.717) is 0 Å². The van der Waals surface area contributed by atoms with E-state index in [1.807, 2.05) is 0 Å². The zero-order valence-electron chi connectivity index (χ0n) is 10.8. The van der Waals surface area contributed by atoms with Crippen LogP contribution in [0.2, 0.25) is 0 Å². The van der Waals surface area contributed by atoms with E-state index in [9.17, 15) is 13.6 Å². The zero-order chi connectivity index (χ0) is 14.7. The molecule has 20 heavy (non-hydrogen) atoms. The maximum atomic E-state index is 13.5. The molecular weight excluding hydrogens is 268 g/mol. The summed E-state index contributed by atoms with van der Waals surface area (Å²) in [5.74, 6) is -1.56. The molecule has 0 saturated carbocycles. The van der Waals surface area contributed by atoms with E-state index in [4.69, 9.17) is 5.73 Å². The van der Waals surface area contributed by atoms with Gasteiger partial charge in [0, 0.05) is 25.2 Å². The van der Waals surface area contributed by atoms with Crippen LogP contribution in [0.5, 0.6) is 0 Å². The summed E-state index contributed by atoms with van der Waals surface area (Å²) in [6, 6.07) is 3.24. The Bertz CT molecular complexity index is 628. The minimum absolute atomic E-state index is 0.0368. The third-order valence-corrected chi connectivity index (χ3v) is 2.70. The number of hydrogen-bond acceptors (Lipinski definition) is 4. The standard InChI is InChI=1S/C12H13F2N5O/c1-18(5-8-2-3-9(13)4-10(8)14)11(20)6-19-7-16-12(15)17-19/h2-4,7H,5-6H2,1H3,(H2,15,17). The third-order valence-electron chi connectivity index (χ3n) is 2.70. The van der Waals surface area contributed by atoms with Crippen molar-refractivity contribution in [2.75, 3.05) is 12.8 Å². The van der Waals surface area contributed by atoms with E-state index in [1.165, 1.54) is 29.0 Å². The number of nitrogens with zero attached hydrogens (tertiary/aromatic N) is 4. The van der Waals surface area contributed by atoms with Gasteiger partial charge in [0.05, 0.1) is 0 Å². The molecule has 0 atom stereocenters. The largest absolute Gasteiger partial charge is 0.367 e. The minimum Gasteiger partial charge on any atom is -0.367 e. The number of benzene rings is 1. The molecule has 1 heterocycles. The highest BCUT2D eigenvalue weighted by atomic mass is 19.1. The summed E-state index contributed by atoms with van der Waals surface area (Å²) in [6.45, 7) is -0.0152. The maximum Gasteiger partial charge on any atom is 0.244 e. The van der Waals surface area contributed by atoms with E-state index < -0.39 is 11.6 Å². The minimum atomic E-state index is -0.686. The number of rotatable bonds is 4. The lowest BCUT2D eigenvalue weighted by atomic mass is 10.2. The number of aromatic nitrogens is 3. The van der Waals surface area contributed by atoms with Gasteiger partial charge in [-0.2, -0.15) is 0 Å².